The largest absolute Gasteiger partial charge is 0.357 e. The van der Waals surface area contributed by atoms with Crippen LogP contribution in [0.4, 0.5) is 5.69 Å². The van der Waals surface area contributed by atoms with Crippen LogP contribution in [-0.2, 0) is 11.3 Å². The van der Waals surface area contributed by atoms with Crippen LogP contribution < -0.4 is 21.8 Å². The molecule has 8 nitrogen and oxygen atoms in total. The van der Waals surface area contributed by atoms with Crippen LogP contribution in [0.15, 0.2) is 17.2 Å². The van der Waals surface area contributed by atoms with E-state index in [1.165, 1.54) is 6.42 Å². The van der Waals surface area contributed by atoms with Crippen molar-refractivity contribution in [2.24, 2.45) is 16.8 Å². The summed E-state index contributed by atoms with van der Waals surface area (Å²) in [4.78, 5) is 28.5. The predicted molar refractivity (Wildman–Crippen MR) is 109 cm³/mol. The molecule has 2 aliphatic rings. The zero-order valence-electron chi connectivity index (χ0n) is 16.0. The highest BCUT2D eigenvalue weighted by Crippen LogP contribution is 2.31. The lowest BCUT2D eigenvalue weighted by atomic mass is 9.84. The average molecular weight is 382 g/mol. The van der Waals surface area contributed by atoms with Crippen molar-refractivity contribution in [3.8, 4) is 0 Å². The Balaban J connectivity index is 1.66. The maximum absolute atomic E-state index is 12.7. The molecule has 0 bridgehead atoms. The molecule has 2 heterocycles. The molecule has 0 saturated heterocycles. The number of rotatable bonds is 5. The van der Waals surface area contributed by atoms with E-state index in [4.69, 9.17) is 5.73 Å². The van der Waals surface area contributed by atoms with Crippen molar-refractivity contribution in [1.29, 1.82) is 0 Å². The van der Waals surface area contributed by atoms with E-state index in [9.17, 15) is 9.59 Å². The van der Waals surface area contributed by atoms with Crippen molar-refractivity contribution in [2.75, 3.05) is 12.4 Å². The number of hydrogen-bond donors (Lipinski definition) is 5. The number of nitrogens with one attached hydrogen (secondary N) is 4. The minimum atomic E-state index is -0.536. The van der Waals surface area contributed by atoms with Gasteiger partial charge in [-0.15, -0.1) is 0 Å². The molecule has 1 aromatic carbocycles. The number of carbonyl (C=O) groups is 2. The van der Waals surface area contributed by atoms with Gasteiger partial charge in [-0.05, 0) is 37.9 Å². The number of amides is 2. The fraction of sp³-hybridized carbons (Fsp3) is 0.450. The first-order valence-electron chi connectivity index (χ1n) is 9.81. The van der Waals surface area contributed by atoms with E-state index < -0.39 is 6.04 Å². The quantitative estimate of drug-likeness (QED) is 0.541. The highest BCUT2D eigenvalue weighted by atomic mass is 16.2. The molecular formula is C20H26N6O2. The van der Waals surface area contributed by atoms with Crippen LogP contribution in [0.2, 0.25) is 0 Å². The summed E-state index contributed by atoms with van der Waals surface area (Å²) in [6.45, 7) is 0.609. The summed E-state index contributed by atoms with van der Waals surface area (Å²) in [7, 11) is 1.86. The van der Waals surface area contributed by atoms with E-state index >= 15 is 0 Å². The number of anilines is 1. The first kappa shape index (κ1) is 18.6. The number of benzene rings is 1. The molecule has 4 rings (SSSR count). The molecular weight excluding hydrogens is 356 g/mol. The van der Waals surface area contributed by atoms with Gasteiger partial charge >= 0.3 is 0 Å². The molecule has 1 aliphatic heterocycles. The second-order valence-corrected chi connectivity index (χ2v) is 7.61. The highest BCUT2D eigenvalue weighted by molar-refractivity contribution is 6.16. The minimum Gasteiger partial charge on any atom is -0.357 e. The summed E-state index contributed by atoms with van der Waals surface area (Å²) in [6.07, 6.45) is 7.10. The molecule has 1 aromatic heterocycles. The number of nitrogens with zero attached hydrogens (tertiary/aromatic N) is 1. The molecule has 6 N–H and O–H groups in total. The van der Waals surface area contributed by atoms with Gasteiger partial charge in [0.15, 0.2) is 0 Å². The third-order valence-corrected chi connectivity index (χ3v) is 5.70. The maximum atomic E-state index is 12.7. The first-order chi connectivity index (χ1) is 13.6. The molecule has 0 radical (unpaired) electrons. The molecule has 148 valence electrons. The minimum absolute atomic E-state index is 0.203. The zero-order chi connectivity index (χ0) is 19.7. The number of aromatic nitrogens is 1. The van der Waals surface area contributed by atoms with Crippen molar-refractivity contribution in [3.05, 3.63) is 29.0 Å². The smallest absolute Gasteiger partial charge is 0.272 e. The molecule has 0 unspecified atom stereocenters. The monoisotopic (exact) mass is 382 g/mol. The topological polar surface area (TPSA) is 124 Å². The number of hydrogen-bond acceptors (Lipinski definition) is 5. The van der Waals surface area contributed by atoms with Crippen molar-refractivity contribution in [3.63, 3.8) is 0 Å². The van der Waals surface area contributed by atoms with Gasteiger partial charge in [-0.3, -0.25) is 9.59 Å². The number of nitrogens with two attached hydrogens (primary N) is 1. The average Bonchev–Trinajstić information content (AvgIpc) is 2.94. The number of carbonyl (C=O) groups excluding carboxylic acids is 2. The fourth-order valence-corrected chi connectivity index (χ4v) is 4.27. The lowest BCUT2D eigenvalue weighted by Crippen LogP contribution is -2.42. The molecule has 8 heteroatoms. The molecule has 1 saturated carbocycles. The van der Waals surface area contributed by atoms with Gasteiger partial charge in [0, 0.05) is 34.4 Å². The summed E-state index contributed by atoms with van der Waals surface area (Å²) in [5.74, 6) is -0.288. The van der Waals surface area contributed by atoms with E-state index in [1.54, 1.807) is 12.3 Å². The summed E-state index contributed by atoms with van der Waals surface area (Å²) in [5.41, 5.74) is 12.4. The van der Waals surface area contributed by atoms with E-state index in [0.717, 1.165) is 47.8 Å². The van der Waals surface area contributed by atoms with E-state index in [1.807, 2.05) is 13.1 Å². The Labute approximate surface area is 163 Å². The van der Waals surface area contributed by atoms with Crippen LogP contribution in [-0.4, -0.2) is 36.1 Å². The summed E-state index contributed by atoms with van der Waals surface area (Å²) >= 11 is 0. The molecule has 1 atom stereocenters. The van der Waals surface area contributed by atoms with Crippen LogP contribution in [0.25, 0.3) is 10.9 Å². The predicted octanol–water partition coefficient (Wildman–Crippen LogP) is 1.81. The van der Waals surface area contributed by atoms with Crippen LogP contribution in [0, 0.1) is 5.92 Å². The van der Waals surface area contributed by atoms with Gasteiger partial charge in [0.1, 0.15) is 0 Å². The van der Waals surface area contributed by atoms with Crippen molar-refractivity contribution >= 4 is 34.6 Å². The van der Waals surface area contributed by atoms with E-state index in [-0.39, 0.29) is 17.7 Å². The second-order valence-electron chi connectivity index (χ2n) is 7.61. The SMILES string of the molecule is CNCc1[nH]c2cc(NC(=O)[C@H](N)C3CCCCC3)cc3c2c1C=NNC3=O. The van der Waals surface area contributed by atoms with E-state index in [2.05, 4.69) is 26.1 Å². The van der Waals surface area contributed by atoms with Gasteiger partial charge in [0.05, 0.1) is 17.8 Å². The van der Waals surface area contributed by atoms with Gasteiger partial charge in [-0.1, -0.05) is 19.3 Å². The molecule has 1 fully saturated rings. The van der Waals surface area contributed by atoms with Crippen molar-refractivity contribution < 1.29 is 9.59 Å². The Morgan fingerprint density at radius 1 is 1.32 bits per heavy atom. The van der Waals surface area contributed by atoms with Gasteiger partial charge in [-0.2, -0.15) is 5.10 Å². The van der Waals surface area contributed by atoms with Crippen LogP contribution in [0.5, 0.6) is 0 Å². The van der Waals surface area contributed by atoms with Crippen LogP contribution in [0.3, 0.4) is 0 Å². The number of aromatic amines is 1. The lowest BCUT2D eigenvalue weighted by molar-refractivity contribution is -0.118. The standard InChI is InChI=1S/C20H26N6O2/c1-22-10-16-14-9-23-26-19(27)13-7-12(8-15(25-16)17(13)14)24-20(28)18(21)11-5-3-2-4-6-11/h7-9,11,18,22,25H,2-6,10,21H2,1H3,(H,24,28)(H,26,27)/t18-/m1/s1. The molecule has 1 aliphatic carbocycles. The third kappa shape index (κ3) is 3.41. The third-order valence-electron chi connectivity index (χ3n) is 5.70. The Morgan fingerprint density at radius 2 is 2.11 bits per heavy atom. The Morgan fingerprint density at radius 3 is 2.86 bits per heavy atom. The lowest BCUT2D eigenvalue weighted by Gasteiger charge is -2.26. The molecule has 2 aromatic rings. The van der Waals surface area contributed by atoms with Gasteiger partial charge in [0.25, 0.3) is 5.91 Å². The van der Waals surface area contributed by atoms with Gasteiger partial charge in [0.2, 0.25) is 5.91 Å². The second kappa shape index (κ2) is 7.73. The van der Waals surface area contributed by atoms with Gasteiger partial charge < -0.3 is 21.4 Å². The Kier molecular flexibility index (Phi) is 5.15. The summed E-state index contributed by atoms with van der Waals surface area (Å²) in [5, 5.41) is 10.8. The van der Waals surface area contributed by atoms with Gasteiger partial charge in [-0.25, -0.2) is 5.43 Å². The van der Waals surface area contributed by atoms with E-state index in [0.29, 0.717) is 17.8 Å². The first-order valence-corrected chi connectivity index (χ1v) is 9.81. The maximum Gasteiger partial charge on any atom is 0.272 e. The Bertz CT molecular complexity index is 942. The molecule has 2 amide bonds. The summed E-state index contributed by atoms with van der Waals surface area (Å²) < 4.78 is 0. The van der Waals surface area contributed by atoms with Crippen molar-refractivity contribution in [1.82, 2.24) is 15.7 Å². The zero-order valence-corrected chi connectivity index (χ0v) is 16.0. The fourth-order valence-electron chi connectivity index (χ4n) is 4.27. The summed E-state index contributed by atoms with van der Waals surface area (Å²) in [6, 6.07) is 3.00. The van der Waals surface area contributed by atoms with Crippen LogP contribution >= 0.6 is 0 Å². The normalized spacial score (nSPS) is 18.0. The highest BCUT2D eigenvalue weighted by Gasteiger charge is 2.27. The van der Waals surface area contributed by atoms with Crippen molar-refractivity contribution in [2.45, 2.75) is 44.7 Å². The molecule has 0 spiro atoms. The van der Waals surface area contributed by atoms with Crippen LogP contribution in [0.1, 0.15) is 53.7 Å². The number of hydrazone groups is 1. The molecule has 28 heavy (non-hydrogen) atoms. The Hall–Kier alpha value is -2.71. The number of H-pyrrole nitrogens is 1.